The third kappa shape index (κ3) is 1.84. The first-order chi connectivity index (χ1) is 8.98. The molecule has 3 aliphatic rings. The van der Waals surface area contributed by atoms with E-state index >= 15 is 0 Å². The van der Waals surface area contributed by atoms with Crippen LogP contribution in [0.15, 0.2) is 23.8 Å². The number of carbonyl (C=O) groups excluding carboxylic acids is 1. The van der Waals surface area contributed by atoms with E-state index < -0.39 is 11.0 Å². The number of allylic oxidation sites excluding steroid dienone is 2. The van der Waals surface area contributed by atoms with Crippen molar-refractivity contribution in [2.24, 2.45) is 22.7 Å². The summed E-state index contributed by atoms with van der Waals surface area (Å²) in [6.45, 7) is 16.0. The monoisotopic (exact) mass is 276 g/mol. The summed E-state index contributed by atoms with van der Waals surface area (Å²) in [5.74, 6) is 0.512. The number of carbonyl (C=O) groups is 1. The molecule has 0 amide bonds. The van der Waals surface area contributed by atoms with E-state index in [1.807, 2.05) is 6.92 Å². The third-order valence-corrected chi connectivity index (χ3v) is 5.95. The SMILES string of the molecule is C=CC(C)(O)[C@@H]1C[C@H]2C(=C(C)C)C[C@]1(C)C(=O)C2(C)C. The van der Waals surface area contributed by atoms with Crippen LogP contribution in [0.5, 0.6) is 0 Å². The highest BCUT2D eigenvalue weighted by atomic mass is 16.3. The van der Waals surface area contributed by atoms with Gasteiger partial charge in [0.1, 0.15) is 5.78 Å². The largest absolute Gasteiger partial charge is 0.386 e. The highest BCUT2D eigenvalue weighted by Crippen LogP contribution is 2.63. The first-order valence-electron chi connectivity index (χ1n) is 7.55. The lowest BCUT2D eigenvalue weighted by molar-refractivity contribution is -0.166. The summed E-state index contributed by atoms with van der Waals surface area (Å²) < 4.78 is 0. The molecule has 0 aliphatic heterocycles. The van der Waals surface area contributed by atoms with Crippen LogP contribution in [-0.4, -0.2) is 16.5 Å². The molecule has 3 saturated carbocycles. The Labute approximate surface area is 123 Å². The molecular weight excluding hydrogens is 248 g/mol. The zero-order valence-corrected chi connectivity index (χ0v) is 13.7. The summed E-state index contributed by atoms with van der Waals surface area (Å²) in [7, 11) is 0. The second kappa shape index (κ2) is 4.30. The molecule has 1 N–H and O–H groups in total. The number of hydrogen-bond donors (Lipinski definition) is 1. The van der Waals surface area contributed by atoms with Crippen LogP contribution in [0.1, 0.15) is 54.4 Å². The second-order valence-corrected chi connectivity index (χ2v) is 7.94. The predicted molar refractivity (Wildman–Crippen MR) is 82.3 cm³/mol. The molecule has 4 atom stereocenters. The normalized spacial score (nSPS) is 38.5. The minimum atomic E-state index is -0.980. The average Bonchev–Trinajstić information content (AvgIpc) is 2.35. The van der Waals surface area contributed by atoms with Crippen LogP contribution in [-0.2, 0) is 4.79 Å². The highest BCUT2D eigenvalue weighted by Gasteiger charge is 2.63. The number of Topliss-reactive ketones (excluding diaryl/α,β-unsaturated/α-hetero) is 1. The molecule has 2 nitrogen and oxygen atoms in total. The number of rotatable bonds is 2. The summed E-state index contributed by atoms with van der Waals surface area (Å²) in [6.07, 6.45) is 3.26. The van der Waals surface area contributed by atoms with Crippen molar-refractivity contribution in [2.75, 3.05) is 0 Å². The molecule has 3 aliphatic carbocycles. The fraction of sp³-hybridized carbons (Fsp3) is 0.722. The van der Waals surface area contributed by atoms with Gasteiger partial charge in [-0.15, -0.1) is 6.58 Å². The molecule has 2 bridgehead atoms. The van der Waals surface area contributed by atoms with Crippen molar-refractivity contribution in [2.45, 2.75) is 60.0 Å². The van der Waals surface area contributed by atoms with Crippen molar-refractivity contribution in [1.29, 1.82) is 0 Å². The number of hydrogen-bond acceptors (Lipinski definition) is 2. The number of ketones is 1. The van der Waals surface area contributed by atoms with Crippen molar-refractivity contribution in [3.63, 3.8) is 0 Å². The molecule has 0 aromatic carbocycles. The van der Waals surface area contributed by atoms with Gasteiger partial charge >= 0.3 is 0 Å². The van der Waals surface area contributed by atoms with E-state index in [-0.39, 0.29) is 17.3 Å². The zero-order chi connectivity index (χ0) is 15.5. The predicted octanol–water partition coefficient (Wildman–Crippen LogP) is 3.90. The summed E-state index contributed by atoms with van der Waals surface area (Å²) in [6, 6.07) is 0. The smallest absolute Gasteiger partial charge is 0.145 e. The van der Waals surface area contributed by atoms with Crippen LogP contribution in [0.2, 0.25) is 0 Å². The van der Waals surface area contributed by atoms with E-state index in [0.717, 1.165) is 12.8 Å². The Bertz CT molecular complexity index is 492. The van der Waals surface area contributed by atoms with Gasteiger partial charge in [-0.2, -0.15) is 0 Å². The van der Waals surface area contributed by atoms with Crippen molar-refractivity contribution in [3.8, 4) is 0 Å². The average molecular weight is 276 g/mol. The Morgan fingerprint density at radius 2 is 1.95 bits per heavy atom. The molecule has 1 unspecified atom stereocenters. The summed E-state index contributed by atoms with van der Waals surface area (Å²) in [5.41, 5.74) is 0.967. The molecule has 0 aromatic heterocycles. The van der Waals surface area contributed by atoms with E-state index in [4.69, 9.17) is 0 Å². The maximum atomic E-state index is 13.0. The van der Waals surface area contributed by atoms with Gasteiger partial charge in [0, 0.05) is 16.7 Å². The molecule has 20 heavy (non-hydrogen) atoms. The lowest BCUT2D eigenvalue weighted by atomic mass is 9.43. The number of aliphatic hydroxyl groups is 1. The molecule has 0 heterocycles. The highest BCUT2D eigenvalue weighted by molar-refractivity contribution is 5.93. The molecular formula is C18H28O2. The summed E-state index contributed by atoms with van der Waals surface area (Å²) >= 11 is 0. The van der Waals surface area contributed by atoms with Crippen LogP contribution in [0.25, 0.3) is 0 Å². The van der Waals surface area contributed by atoms with Gasteiger partial charge in [-0.3, -0.25) is 4.79 Å². The molecule has 3 rings (SSSR count). The van der Waals surface area contributed by atoms with Crippen molar-refractivity contribution in [3.05, 3.63) is 23.8 Å². The van der Waals surface area contributed by atoms with Crippen LogP contribution < -0.4 is 0 Å². The fourth-order valence-corrected chi connectivity index (χ4v) is 4.69. The van der Waals surface area contributed by atoms with Gasteiger partial charge in [-0.25, -0.2) is 0 Å². The van der Waals surface area contributed by atoms with E-state index in [1.165, 1.54) is 11.1 Å². The molecule has 2 heteroatoms. The van der Waals surface area contributed by atoms with E-state index in [1.54, 1.807) is 13.0 Å². The summed E-state index contributed by atoms with van der Waals surface area (Å²) in [5, 5.41) is 10.7. The minimum Gasteiger partial charge on any atom is -0.386 e. The second-order valence-electron chi connectivity index (χ2n) is 7.94. The van der Waals surface area contributed by atoms with Gasteiger partial charge in [-0.05, 0) is 39.5 Å². The van der Waals surface area contributed by atoms with Gasteiger partial charge in [0.15, 0.2) is 0 Å². The van der Waals surface area contributed by atoms with Crippen LogP contribution >= 0.6 is 0 Å². The van der Waals surface area contributed by atoms with Gasteiger partial charge in [-0.1, -0.05) is 38.0 Å². The van der Waals surface area contributed by atoms with Gasteiger partial charge < -0.3 is 5.11 Å². The van der Waals surface area contributed by atoms with Crippen molar-refractivity contribution in [1.82, 2.24) is 0 Å². The topological polar surface area (TPSA) is 37.3 Å². The van der Waals surface area contributed by atoms with E-state index in [9.17, 15) is 9.90 Å². The molecule has 0 spiro atoms. The standard InChI is InChI=1S/C18H28O2/c1-8-18(7,20)14-9-13-12(11(2)3)10-17(14,6)15(19)16(13,4)5/h8,13-14,20H,1,9-10H2,2-7H3/t13-,14+,17-,18?/m0/s1. The van der Waals surface area contributed by atoms with Gasteiger partial charge in [0.2, 0.25) is 0 Å². The van der Waals surface area contributed by atoms with Crippen LogP contribution in [0.4, 0.5) is 0 Å². The van der Waals surface area contributed by atoms with Crippen LogP contribution in [0, 0.1) is 22.7 Å². The third-order valence-electron chi connectivity index (χ3n) is 5.95. The Morgan fingerprint density at radius 3 is 2.40 bits per heavy atom. The first kappa shape index (κ1) is 15.5. The Kier molecular flexibility index (Phi) is 3.33. The van der Waals surface area contributed by atoms with Gasteiger partial charge in [0.25, 0.3) is 0 Å². The summed E-state index contributed by atoms with van der Waals surface area (Å²) in [4.78, 5) is 13.0. The fourth-order valence-electron chi connectivity index (χ4n) is 4.69. The molecule has 0 radical (unpaired) electrons. The van der Waals surface area contributed by atoms with Crippen LogP contribution in [0.3, 0.4) is 0 Å². The maximum absolute atomic E-state index is 13.0. The Hall–Kier alpha value is -0.890. The lowest BCUT2D eigenvalue weighted by Gasteiger charge is -2.60. The van der Waals surface area contributed by atoms with Crippen molar-refractivity contribution < 1.29 is 9.90 Å². The molecule has 0 saturated heterocycles. The quantitative estimate of drug-likeness (QED) is 0.777. The maximum Gasteiger partial charge on any atom is 0.145 e. The lowest BCUT2D eigenvalue weighted by Crippen LogP contribution is -2.62. The Balaban J connectivity index is 2.59. The first-order valence-corrected chi connectivity index (χ1v) is 7.55. The van der Waals surface area contributed by atoms with Gasteiger partial charge in [0.05, 0.1) is 5.60 Å². The molecule has 112 valence electrons. The van der Waals surface area contributed by atoms with Crippen molar-refractivity contribution >= 4 is 5.78 Å². The molecule has 3 fully saturated rings. The number of fused-ring (bicyclic) bond motifs is 3. The zero-order valence-electron chi connectivity index (χ0n) is 13.7. The van der Waals surface area contributed by atoms with E-state index in [0.29, 0.717) is 5.78 Å². The Morgan fingerprint density at radius 1 is 1.40 bits per heavy atom. The molecule has 0 aromatic rings. The minimum absolute atomic E-state index is 0.0406. The van der Waals surface area contributed by atoms with E-state index in [2.05, 4.69) is 34.3 Å².